The molecule has 0 N–H and O–H groups in total. The lowest BCUT2D eigenvalue weighted by Crippen LogP contribution is -2.48. The molecule has 4 heterocycles. The summed E-state index contributed by atoms with van der Waals surface area (Å²) in [5, 5.41) is 1.02. The molecule has 0 unspecified atom stereocenters. The summed E-state index contributed by atoms with van der Waals surface area (Å²) in [6.07, 6.45) is 4.40. The van der Waals surface area contributed by atoms with Gasteiger partial charge in [0.2, 0.25) is 5.88 Å². The number of hydrogen-bond donors (Lipinski definition) is 0. The molecule has 2 aliphatic heterocycles. The Morgan fingerprint density at radius 2 is 1.77 bits per heavy atom. The van der Waals surface area contributed by atoms with Gasteiger partial charge in [-0.1, -0.05) is 13.0 Å². The third-order valence-electron chi connectivity index (χ3n) is 8.06. The van der Waals surface area contributed by atoms with Crippen LogP contribution in [0.5, 0.6) is 5.88 Å². The average molecular weight is 523 g/mol. The van der Waals surface area contributed by atoms with Gasteiger partial charge in [-0.05, 0) is 72.5 Å². The predicted molar refractivity (Wildman–Crippen MR) is 153 cm³/mol. The van der Waals surface area contributed by atoms with Crippen LogP contribution in [-0.4, -0.2) is 77.0 Å². The van der Waals surface area contributed by atoms with Crippen molar-refractivity contribution < 1.29 is 9.53 Å². The van der Waals surface area contributed by atoms with Crippen molar-refractivity contribution in [1.29, 1.82) is 0 Å². The summed E-state index contributed by atoms with van der Waals surface area (Å²) in [6, 6.07) is 14.4. The van der Waals surface area contributed by atoms with E-state index >= 15 is 0 Å². The van der Waals surface area contributed by atoms with Crippen LogP contribution in [-0.2, 0) is 13.0 Å². The highest BCUT2D eigenvalue weighted by Gasteiger charge is 2.25. The zero-order valence-electron chi connectivity index (χ0n) is 22.9. The van der Waals surface area contributed by atoms with Crippen LogP contribution in [0.1, 0.15) is 34.0 Å². The highest BCUT2D eigenvalue weighted by molar-refractivity contribution is 5.96. The lowest BCUT2D eigenvalue weighted by Gasteiger charge is -2.34. The summed E-state index contributed by atoms with van der Waals surface area (Å²) >= 11 is 0. The zero-order chi connectivity index (χ0) is 26.9. The van der Waals surface area contributed by atoms with Crippen LogP contribution >= 0.6 is 0 Å². The highest BCUT2D eigenvalue weighted by atomic mass is 16.5. The van der Waals surface area contributed by atoms with E-state index in [1.54, 1.807) is 13.4 Å². The first kappa shape index (κ1) is 25.2. The first-order valence-electron chi connectivity index (χ1n) is 13.7. The fourth-order valence-electron chi connectivity index (χ4n) is 5.74. The molecule has 200 valence electrons. The maximum atomic E-state index is 13.3. The summed E-state index contributed by atoms with van der Waals surface area (Å²) in [7, 11) is 1.62. The number of anilines is 1. The Labute approximate surface area is 229 Å². The summed E-state index contributed by atoms with van der Waals surface area (Å²) in [6.45, 7) is 10.3. The van der Waals surface area contributed by atoms with Crippen molar-refractivity contribution in [3.8, 4) is 17.0 Å². The van der Waals surface area contributed by atoms with E-state index in [4.69, 9.17) is 9.72 Å². The Kier molecular flexibility index (Phi) is 6.87. The van der Waals surface area contributed by atoms with Crippen LogP contribution in [0.25, 0.3) is 22.0 Å². The van der Waals surface area contributed by atoms with Crippen molar-refractivity contribution in [2.75, 3.05) is 51.3 Å². The molecule has 2 aromatic heterocycles. The molecule has 8 nitrogen and oxygen atoms in total. The van der Waals surface area contributed by atoms with Crippen LogP contribution in [0.2, 0.25) is 0 Å². The molecule has 39 heavy (non-hydrogen) atoms. The van der Waals surface area contributed by atoms with Crippen molar-refractivity contribution in [3.63, 3.8) is 0 Å². The number of benzene rings is 2. The monoisotopic (exact) mass is 522 g/mol. The van der Waals surface area contributed by atoms with E-state index in [1.807, 2.05) is 29.3 Å². The van der Waals surface area contributed by atoms with Gasteiger partial charge < -0.3 is 19.4 Å². The molecule has 1 fully saturated rings. The minimum Gasteiger partial charge on any atom is -0.481 e. The van der Waals surface area contributed by atoms with Crippen LogP contribution < -0.4 is 9.64 Å². The van der Waals surface area contributed by atoms with E-state index in [0.29, 0.717) is 12.4 Å². The van der Waals surface area contributed by atoms with Gasteiger partial charge in [-0.2, -0.15) is 0 Å². The van der Waals surface area contributed by atoms with Crippen LogP contribution in [0.15, 0.2) is 55.0 Å². The molecule has 8 heteroatoms. The topological polar surface area (TPSA) is 74.7 Å². The van der Waals surface area contributed by atoms with Gasteiger partial charge in [-0.3, -0.25) is 4.79 Å². The third kappa shape index (κ3) is 4.92. The summed E-state index contributed by atoms with van der Waals surface area (Å²) in [5.41, 5.74) is 7.40. The molecule has 1 amide bonds. The molecule has 0 spiro atoms. The van der Waals surface area contributed by atoms with Gasteiger partial charge in [-0.25, -0.2) is 15.0 Å². The number of pyridine rings is 1. The van der Waals surface area contributed by atoms with Gasteiger partial charge in [0, 0.05) is 68.0 Å². The number of piperazine rings is 1. The molecule has 6 rings (SSSR count). The Bertz CT molecular complexity index is 1510. The predicted octanol–water partition coefficient (Wildman–Crippen LogP) is 4.35. The smallest absolute Gasteiger partial charge is 0.253 e. The van der Waals surface area contributed by atoms with E-state index in [1.165, 1.54) is 11.1 Å². The molecule has 0 radical (unpaired) electrons. The number of methoxy groups -OCH3 is 1. The molecule has 2 aliphatic rings. The quantitative estimate of drug-likeness (QED) is 0.386. The normalized spacial score (nSPS) is 15.9. The van der Waals surface area contributed by atoms with E-state index in [9.17, 15) is 4.79 Å². The largest absolute Gasteiger partial charge is 0.481 e. The number of aryl methyl sites for hydroxylation is 1. The minimum atomic E-state index is 0.131. The van der Waals surface area contributed by atoms with Crippen molar-refractivity contribution in [1.82, 2.24) is 24.8 Å². The Hall–Kier alpha value is -4.04. The standard InChI is InChI=1S/C31H34N6O2/c1-4-35-11-13-36(14-12-35)31(38)23-6-5-22-9-10-37(19-26(22)16-23)30-27-17-25(15-21(2)29(27)33-20-34-30)24-7-8-28(39-3)32-18-24/h5-8,15-18,20H,4,9-14,19H2,1-3H3. The first-order valence-corrected chi connectivity index (χ1v) is 13.7. The molecule has 0 bridgehead atoms. The van der Waals surface area contributed by atoms with E-state index in [-0.39, 0.29) is 5.91 Å². The summed E-state index contributed by atoms with van der Waals surface area (Å²) < 4.78 is 5.23. The lowest BCUT2D eigenvalue weighted by atomic mass is 9.96. The fraction of sp³-hybridized carbons (Fsp3) is 0.355. The number of amides is 1. The molecule has 1 saturated heterocycles. The maximum Gasteiger partial charge on any atom is 0.253 e. The van der Waals surface area contributed by atoms with E-state index in [2.05, 4.69) is 57.9 Å². The minimum absolute atomic E-state index is 0.131. The number of rotatable bonds is 5. The Balaban J connectivity index is 1.29. The number of fused-ring (bicyclic) bond motifs is 2. The number of hydrogen-bond acceptors (Lipinski definition) is 7. The van der Waals surface area contributed by atoms with Crippen LogP contribution in [0.3, 0.4) is 0 Å². The number of likely N-dealkylation sites (N-methyl/N-ethyl adjacent to an activating group) is 1. The van der Waals surface area contributed by atoms with Gasteiger partial charge in [0.15, 0.2) is 0 Å². The van der Waals surface area contributed by atoms with Gasteiger partial charge in [0.1, 0.15) is 12.1 Å². The Morgan fingerprint density at radius 3 is 2.51 bits per heavy atom. The Morgan fingerprint density at radius 1 is 0.923 bits per heavy atom. The van der Waals surface area contributed by atoms with E-state index in [0.717, 1.165) is 84.7 Å². The van der Waals surface area contributed by atoms with Crippen LogP contribution in [0.4, 0.5) is 5.82 Å². The molecular weight excluding hydrogens is 488 g/mol. The highest BCUT2D eigenvalue weighted by Crippen LogP contribution is 2.33. The molecule has 4 aromatic rings. The van der Waals surface area contributed by atoms with E-state index < -0.39 is 0 Å². The zero-order valence-corrected chi connectivity index (χ0v) is 22.9. The first-order chi connectivity index (χ1) is 19.0. The van der Waals surface area contributed by atoms with Crippen molar-refractivity contribution in [2.24, 2.45) is 0 Å². The lowest BCUT2D eigenvalue weighted by molar-refractivity contribution is 0.0643. The molecule has 0 aliphatic carbocycles. The van der Waals surface area contributed by atoms with Crippen LogP contribution in [0, 0.1) is 6.92 Å². The number of aromatic nitrogens is 3. The van der Waals surface area contributed by atoms with Gasteiger partial charge >= 0.3 is 0 Å². The average Bonchev–Trinajstić information content (AvgIpc) is 3.00. The van der Waals surface area contributed by atoms with Crippen molar-refractivity contribution >= 4 is 22.6 Å². The number of carbonyl (C=O) groups is 1. The number of nitrogens with zero attached hydrogens (tertiary/aromatic N) is 6. The summed E-state index contributed by atoms with van der Waals surface area (Å²) in [4.78, 5) is 33.8. The SMILES string of the molecule is CCN1CCN(C(=O)c2ccc3c(c2)CN(c2ncnc4c(C)cc(-c5ccc(OC)nc5)cc24)CC3)CC1. The summed E-state index contributed by atoms with van der Waals surface area (Å²) in [5.74, 6) is 1.64. The number of carbonyl (C=O) groups excluding carboxylic acids is 1. The fourth-order valence-corrected chi connectivity index (χ4v) is 5.74. The molecule has 0 saturated carbocycles. The van der Waals surface area contributed by atoms with Gasteiger partial charge in [-0.15, -0.1) is 0 Å². The molecular formula is C31H34N6O2. The van der Waals surface area contributed by atoms with Gasteiger partial charge in [0.25, 0.3) is 5.91 Å². The van der Waals surface area contributed by atoms with Crippen molar-refractivity contribution in [2.45, 2.75) is 26.8 Å². The second-order valence-electron chi connectivity index (χ2n) is 10.4. The van der Waals surface area contributed by atoms with Gasteiger partial charge in [0.05, 0.1) is 12.6 Å². The second kappa shape index (κ2) is 10.6. The maximum absolute atomic E-state index is 13.3. The molecule has 0 atom stereocenters. The number of ether oxygens (including phenoxy) is 1. The molecule has 2 aromatic carbocycles. The second-order valence-corrected chi connectivity index (χ2v) is 10.4. The third-order valence-corrected chi connectivity index (χ3v) is 8.06. The van der Waals surface area contributed by atoms with Crippen molar-refractivity contribution in [3.05, 3.63) is 77.2 Å².